The lowest BCUT2D eigenvalue weighted by atomic mass is 10.1. The van der Waals surface area contributed by atoms with Crippen molar-refractivity contribution in [1.82, 2.24) is 0 Å². The van der Waals surface area contributed by atoms with E-state index in [1.165, 1.54) is 17.3 Å². The van der Waals surface area contributed by atoms with Crippen molar-refractivity contribution in [3.05, 3.63) is 29.8 Å². The van der Waals surface area contributed by atoms with Gasteiger partial charge in [-0.05, 0) is 18.1 Å². The normalized spacial score (nSPS) is 19.3. The zero-order chi connectivity index (χ0) is 13.1. The van der Waals surface area contributed by atoms with E-state index in [-0.39, 0.29) is 16.3 Å². The molecule has 1 aliphatic rings. The average Bonchev–Trinajstić information content (AvgIpc) is 2.69. The van der Waals surface area contributed by atoms with Crippen LogP contribution < -0.4 is 4.90 Å². The monoisotopic (exact) mass is 263 g/mol. The van der Waals surface area contributed by atoms with Crippen LogP contribution in [-0.4, -0.2) is 22.8 Å². The zero-order valence-electron chi connectivity index (χ0n) is 10.7. The smallest absolute Gasteiger partial charge is 0.228 e. The highest BCUT2D eigenvalue weighted by molar-refractivity contribution is 8.14. The Balaban J connectivity index is 2.19. The predicted molar refractivity (Wildman–Crippen MR) is 74.9 cm³/mol. The Bertz CT molecular complexity index is 473. The van der Waals surface area contributed by atoms with E-state index in [1.54, 1.807) is 6.92 Å². The summed E-state index contributed by atoms with van der Waals surface area (Å²) < 4.78 is 0. The number of para-hydroxylation sites is 1. The lowest BCUT2D eigenvalue weighted by Crippen LogP contribution is -2.26. The van der Waals surface area contributed by atoms with Gasteiger partial charge in [0, 0.05) is 30.8 Å². The molecule has 1 unspecified atom stereocenters. The molecule has 0 saturated carbocycles. The third kappa shape index (κ3) is 2.75. The molecule has 96 valence electrons. The Kier molecular flexibility index (Phi) is 4.07. The van der Waals surface area contributed by atoms with Gasteiger partial charge < -0.3 is 4.90 Å². The molecule has 0 radical (unpaired) electrons. The van der Waals surface area contributed by atoms with Crippen LogP contribution in [0.2, 0.25) is 0 Å². The quantitative estimate of drug-likeness (QED) is 0.841. The van der Waals surface area contributed by atoms with E-state index in [0.29, 0.717) is 13.0 Å². The Labute approximate surface area is 112 Å². The number of aryl methyl sites for hydroxylation is 1. The lowest BCUT2D eigenvalue weighted by molar-refractivity contribution is -0.117. The SMILES string of the molecule is CCc1ccccc1N1CC(SC(C)=O)CC1=O. The van der Waals surface area contributed by atoms with Gasteiger partial charge in [-0.3, -0.25) is 9.59 Å². The van der Waals surface area contributed by atoms with Gasteiger partial charge >= 0.3 is 0 Å². The van der Waals surface area contributed by atoms with Crippen LogP contribution in [0.15, 0.2) is 24.3 Å². The Morgan fingerprint density at radius 2 is 2.17 bits per heavy atom. The summed E-state index contributed by atoms with van der Waals surface area (Å²) in [5.74, 6) is 0.120. The van der Waals surface area contributed by atoms with E-state index in [9.17, 15) is 9.59 Å². The van der Waals surface area contributed by atoms with E-state index in [1.807, 2.05) is 29.2 Å². The highest BCUT2D eigenvalue weighted by atomic mass is 32.2. The highest BCUT2D eigenvalue weighted by Crippen LogP contribution is 2.30. The number of carbonyl (C=O) groups is 2. The number of carbonyl (C=O) groups excluding carboxylic acids is 2. The number of benzene rings is 1. The van der Waals surface area contributed by atoms with Crippen LogP contribution in [-0.2, 0) is 16.0 Å². The van der Waals surface area contributed by atoms with E-state index in [4.69, 9.17) is 0 Å². The van der Waals surface area contributed by atoms with Crippen LogP contribution in [0.5, 0.6) is 0 Å². The van der Waals surface area contributed by atoms with Gasteiger partial charge in [-0.2, -0.15) is 0 Å². The summed E-state index contributed by atoms with van der Waals surface area (Å²) in [6.45, 7) is 4.28. The molecular formula is C14H17NO2S. The molecule has 0 aliphatic carbocycles. The fraction of sp³-hybridized carbons (Fsp3) is 0.429. The second-order valence-corrected chi connectivity index (χ2v) is 5.90. The molecule has 3 nitrogen and oxygen atoms in total. The average molecular weight is 263 g/mol. The van der Waals surface area contributed by atoms with E-state index in [0.717, 1.165) is 12.1 Å². The number of nitrogens with zero attached hydrogens (tertiary/aromatic N) is 1. The molecule has 1 heterocycles. The summed E-state index contributed by atoms with van der Waals surface area (Å²) in [6, 6.07) is 7.98. The molecule has 1 fully saturated rings. The number of amides is 1. The van der Waals surface area contributed by atoms with Crippen molar-refractivity contribution < 1.29 is 9.59 Å². The molecule has 1 aliphatic heterocycles. The number of anilines is 1. The van der Waals surface area contributed by atoms with Gasteiger partial charge in [0.05, 0.1) is 0 Å². The van der Waals surface area contributed by atoms with Crippen molar-refractivity contribution in [2.45, 2.75) is 31.9 Å². The van der Waals surface area contributed by atoms with Crippen molar-refractivity contribution in [1.29, 1.82) is 0 Å². The fourth-order valence-corrected chi connectivity index (χ4v) is 3.21. The second-order valence-electron chi connectivity index (χ2n) is 4.42. The van der Waals surface area contributed by atoms with Gasteiger partial charge in [0.15, 0.2) is 5.12 Å². The first-order valence-electron chi connectivity index (χ1n) is 6.17. The molecule has 0 bridgehead atoms. The molecule has 1 atom stereocenters. The first-order chi connectivity index (χ1) is 8.61. The maximum Gasteiger partial charge on any atom is 0.228 e. The minimum Gasteiger partial charge on any atom is -0.311 e. The standard InChI is InChI=1S/C14H17NO2S/c1-3-11-6-4-5-7-13(11)15-9-12(8-14(15)17)18-10(2)16/h4-7,12H,3,8-9H2,1-2H3. The third-order valence-corrected chi connectivity index (χ3v) is 4.07. The molecule has 0 N–H and O–H groups in total. The summed E-state index contributed by atoms with van der Waals surface area (Å²) in [4.78, 5) is 25.0. The summed E-state index contributed by atoms with van der Waals surface area (Å²) in [5.41, 5.74) is 2.18. The van der Waals surface area contributed by atoms with Gasteiger partial charge in [0.1, 0.15) is 0 Å². The van der Waals surface area contributed by atoms with Gasteiger partial charge in [0.2, 0.25) is 5.91 Å². The van der Waals surface area contributed by atoms with Crippen molar-refractivity contribution in [2.75, 3.05) is 11.4 Å². The van der Waals surface area contributed by atoms with Gasteiger partial charge in [-0.25, -0.2) is 0 Å². The fourth-order valence-electron chi connectivity index (χ4n) is 2.29. The van der Waals surface area contributed by atoms with Crippen molar-refractivity contribution in [3.8, 4) is 0 Å². The number of rotatable bonds is 3. The minimum absolute atomic E-state index is 0.0819. The molecule has 0 spiro atoms. The van der Waals surface area contributed by atoms with Crippen LogP contribution in [0.25, 0.3) is 0 Å². The number of hydrogen-bond acceptors (Lipinski definition) is 3. The Hall–Kier alpha value is -1.29. The number of hydrogen-bond donors (Lipinski definition) is 0. The molecule has 18 heavy (non-hydrogen) atoms. The number of thioether (sulfide) groups is 1. The predicted octanol–water partition coefficient (Wildman–Crippen LogP) is 2.63. The van der Waals surface area contributed by atoms with Crippen molar-refractivity contribution in [2.24, 2.45) is 0 Å². The maximum absolute atomic E-state index is 12.0. The van der Waals surface area contributed by atoms with Gasteiger partial charge in [0.25, 0.3) is 0 Å². The van der Waals surface area contributed by atoms with Crippen molar-refractivity contribution in [3.63, 3.8) is 0 Å². The minimum atomic E-state index is 0.0819. The molecular weight excluding hydrogens is 246 g/mol. The molecule has 2 rings (SSSR count). The molecule has 1 amide bonds. The third-order valence-electron chi connectivity index (χ3n) is 3.09. The molecule has 0 aromatic heterocycles. The maximum atomic E-state index is 12.0. The molecule has 1 aromatic rings. The van der Waals surface area contributed by atoms with Crippen LogP contribution in [0.3, 0.4) is 0 Å². The summed E-state index contributed by atoms with van der Waals surface area (Å²) in [7, 11) is 0. The van der Waals surface area contributed by atoms with Crippen LogP contribution in [0.4, 0.5) is 5.69 Å². The van der Waals surface area contributed by atoms with Crippen molar-refractivity contribution >= 4 is 28.5 Å². The largest absolute Gasteiger partial charge is 0.311 e. The molecule has 1 aromatic carbocycles. The van der Waals surface area contributed by atoms with Crippen LogP contribution >= 0.6 is 11.8 Å². The first kappa shape index (κ1) is 13.1. The Morgan fingerprint density at radius 3 is 2.83 bits per heavy atom. The van der Waals surface area contributed by atoms with E-state index >= 15 is 0 Å². The summed E-state index contributed by atoms with van der Waals surface area (Å²) >= 11 is 1.28. The highest BCUT2D eigenvalue weighted by Gasteiger charge is 2.32. The summed E-state index contributed by atoms with van der Waals surface area (Å²) in [6.07, 6.45) is 1.37. The van der Waals surface area contributed by atoms with E-state index in [2.05, 4.69) is 6.92 Å². The molecule has 4 heteroatoms. The zero-order valence-corrected chi connectivity index (χ0v) is 11.5. The molecule has 1 saturated heterocycles. The van der Waals surface area contributed by atoms with Gasteiger partial charge in [-0.1, -0.05) is 36.9 Å². The summed E-state index contributed by atoms with van der Waals surface area (Å²) in [5, 5.41) is 0.179. The second kappa shape index (κ2) is 5.57. The van der Waals surface area contributed by atoms with E-state index < -0.39 is 0 Å². The topological polar surface area (TPSA) is 37.4 Å². The first-order valence-corrected chi connectivity index (χ1v) is 7.05. The Morgan fingerprint density at radius 1 is 1.44 bits per heavy atom. The van der Waals surface area contributed by atoms with Crippen LogP contribution in [0, 0.1) is 0 Å². The van der Waals surface area contributed by atoms with Crippen LogP contribution in [0.1, 0.15) is 25.8 Å². The lowest BCUT2D eigenvalue weighted by Gasteiger charge is -2.19. The van der Waals surface area contributed by atoms with Gasteiger partial charge in [-0.15, -0.1) is 0 Å².